The van der Waals surface area contributed by atoms with Crippen molar-refractivity contribution in [1.29, 1.82) is 0 Å². The Kier molecular flexibility index (Phi) is 6.36. The van der Waals surface area contributed by atoms with Crippen molar-refractivity contribution >= 4 is 40.3 Å². The van der Waals surface area contributed by atoms with Gasteiger partial charge >= 0.3 is 5.69 Å². The minimum atomic E-state index is -0.485. The number of ether oxygens (including phenoxy) is 1. The van der Waals surface area contributed by atoms with Gasteiger partial charge in [0.1, 0.15) is 0 Å². The summed E-state index contributed by atoms with van der Waals surface area (Å²) in [6.45, 7) is 0. The van der Waals surface area contributed by atoms with E-state index in [1.807, 2.05) is 35.2 Å². The third-order valence-electron chi connectivity index (χ3n) is 5.46. The highest BCUT2D eigenvalue weighted by molar-refractivity contribution is 8.18. The average Bonchev–Trinajstić information content (AvgIpc) is 3.09. The Morgan fingerprint density at radius 2 is 1.90 bits per heavy atom. The van der Waals surface area contributed by atoms with Gasteiger partial charge in [0.15, 0.2) is 10.9 Å². The Labute approximate surface area is 185 Å². The van der Waals surface area contributed by atoms with Gasteiger partial charge in [-0.05, 0) is 54.4 Å². The van der Waals surface area contributed by atoms with Gasteiger partial charge in [-0.15, -0.1) is 0 Å². The summed E-state index contributed by atoms with van der Waals surface area (Å²) in [6.07, 6.45) is 7.00. The Morgan fingerprint density at radius 1 is 1.16 bits per heavy atom. The van der Waals surface area contributed by atoms with Crippen molar-refractivity contribution in [2.75, 3.05) is 7.11 Å². The van der Waals surface area contributed by atoms with Crippen LogP contribution in [0.4, 0.5) is 11.4 Å². The van der Waals surface area contributed by atoms with E-state index in [-0.39, 0.29) is 23.4 Å². The quantitative estimate of drug-likeness (QED) is 0.348. The number of nitro groups is 1. The van der Waals surface area contributed by atoms with Crippen LogP contribution in [0.1, 0.15) is 37.7 Å². The number of nitrogens with zero attached hydrogens (tertiary/aromatic N) is 3. The number of methoxy groups -OCH3 is 1. The number of carbonyl (C=O) groups excluding carboxylic acids is 1. The molecule has 4 rings (SSSR count). The van der Waals surface area contributed by atoms with E-state index in [9.17, 15) is 14.9 Å². The van der Waals surface area contributed by atoms with Crippen molar-refractivity contribution in [3.63, 3.8) is 0 Å². The molecule has 1 aliphatic heterocycles. The van der Waals surface area contributed by atoms with Crippen LogP contribution < -0.4 is 4.74 Å². The minimum absolute atomic E-state index is 0.0925. The topological polar surface area (TPSA) is 85.0 Å². The van der Waals surface area contributed by atoms with Crippen LogP contribution in [-0.2, 0) is 4.79 Å². The van der Waals surface area contributed by atoms with Gasteiger partial charge in [-0.3, -0.25) is 19.8 Å². The molecule has 160 valence electrons. The molecule has 31 heavy (non-hydrogen) atoms. The van der Waals surface area contributed by atoms with Crippen LogP contribution in [0.25, 0.3) is 6.08 Å². The molecule has 2 aromatic carbocycles. The molecular weight excluding hydrogens is 414 g/mol. The second-order valence-corrected chi connectivity index (χ2v) is 8.51. The highest BCUT2D eigenvalue weighted by Gasteiger charge is 2.38. The first-order chi connectivity index (χ1) is 15.1. The van der Waals surface area contributed by atoms with E-state index in [1.165, 1.54) is 31.4 Å². The summed E-state index contributed by atoms with van der Waals surface area (Å²) in [5.41, 5.74) is 1.24. The number of nitro benzene ring substituents is 1. The number of hydrogen-bond acceptors (Lipinski definition) is 6. The van der Waals surface area contributed by atoms with Gasteiger partial charge in [0, 0.05) is 12.1 Å². The van der Waals surface area contributed by atoms with Crippen molar-refractivity contribution in [2.45, 2.75) is 38.1 Å². The summed E-state index contributed by atoms with van der Waals surface area (Å²) in [7, 11) is 1.39. The largest absolute Gasteiger partial charge is 0.490 e. The van der Waals surface area contributed by atoms with Crippen molar-refractivity contribution in [3.8, 4) is 5.75 Å². The van der Waals surface area contributed by atoms with E-state index < -0.39 is 4.92 Å². The smallest absolute Gasteiger partial charge is 0.311 e. The van der Waals surface area contributed by atoms with Crippen LogP contribution in [0.3, 0.4) is 0 Å². The number of carbonyl (C=O) groups is 1. The Bertz CT molecular complexity index is 1050. The van der Waals surface area contributed by atoms with E-state index in [1.54, 1.807) is 18.2 Å². The molecule has 7 nitrogen and oxygen atoms in total. The first-order valence-electron chi connectivity index (χ1n) is 10.3. The number of amidine groups is 1. The molecule has 2 fully saturated rings. The fourth-order valence-electron chi connectivity index (χ4n) is 3.93. The number of amides is 1. The highest BCUT2D eigenvalue weighted by atomic mass is 32.2. The summed E-state index contributed by atoms with van der Waals surface area (Å²) in [5, 5.41) is 12.0. The molecule has 0 N–H and O–H groups in total. The molecule has 1 saturated heterocycles. The zero-order valence-electron chi connectivity index (χ0n) is 17.2. The molecule has 0 spiro atoms. The normalized spacial score (nSPS) is 19.9. The lowest BCUT2D eigenvalue weighted by Crippen LogP contribution is -2.40. The molecular formula is C23H23N3O4S. The number of hydrogen-bond donors (Lipinski definition) is 0. The average molecular weight is 438 g/mol. The summed E-state index contributed by atoms with van der Waals surface area (Å²) in [6, 6.07) is 14.4. The standard InChI is InChI=1S/C23H23N3O4S/c1-30-20-13-12-16(14-19(20)26(28)29)15-21-22(27)25(18-10-6-3-7-11-18)23(31-21)24-17-8-4-2-5-9-17/h2,4-5,8-9,12-15,18H,3,6-7,10-11H2,1H3/b21-15-,24-23?. The molecule has 2 aliphatic rings. The molecule has 0 aromatic heterocycles. The monoisotopic (exact) mass is 437 g/mol. The highest BCUT2D eigenvalue weighted by Crippen LogP contribution is 2.39. The molecule has 0 atom stereocenters. The lowest BCUT2D eigenvalue weighted by atomic mass is 9.94. The fourth-order valence-corrected chi connectivity index (χ4v) is 4.99. The zero-order chi connectivity index (χ0) is 21.8. The van der Waals surface area contributed by atoms with E-state index in [0.29, 0.717) is 15.6 Å². The number of rotatable bonds is 5. The van der Waals surface area contributed by atoms with Crippen molar-refractivity contribution in [3.05, 3.63) is 69.1 Å². The van der Waals surface area contributed by atoms with Gasteiger partial charge < -0.3 is 4.74 Å². The van der Waals surface area contributed by atoms with E-state index >= 15 is 0 Å². The third kappa shape index (κ3) is 4.64. The fraction of sp³-hybridized carbons (Fsp3) is 0.304. The van der Waals surface area contributed by atoms with Crippen LogP contribution >= 0.6 is 11.8 Å². The first kappa shape index (κ1) is 21.1. The van der Waals surface area contributed by atoms with E-state index in [2.05, 4.69) is 0 Å². The second-order valence-electron chi connectivity index (χ2n) is 7.50. The van der Waals surface area contributed by atoms with Crippen LogP contribution in [0.5, 0.6) is 5.75 Å². The summed E-state index contributed by atoms with van der Waals surface area (Å²) < 4.78 is 5.07. The lowest BCUT2D eigenvalue weighted by molar-refractivity contribution is -0.385. The third-order valence-corrected chi connectivity index (χ3v) is 6.44. The predicted octanol–water partition coefficient (Wildman–Crippen LogP) is 5.54. The van der Waals surface area contributed by atoms with Gasteiger partial charge in [-0.2, -0.15) is 0 Å². The number of thioether (sulfide) groups is 1. The van der Waals surface area contributed by atoms with Crippen LogP contribution in [0.2, 0.25) is 0 Å². The number of para-hydroxylation sites is 1. The Morgan fingerprint density at radius 3 is 2.58 bits per heavy atom. The first-order valence-corrected chi connectivity index (χ1v) is 11.1. The summed E-state index contributed by atoms with van der Waals surface area (Å²) in [4.78, 5) is 31.3. The van der Waals surface area contributed by atoms with Crippen LogP contribution in [0, 0.1) is 10.1 Å². The molecule has 1 heterocycles. The Balaban J connectivity index is 1.70. The maximum atomic E-state index is 13.3. The molecule has 2 aromatic rings. The molecule has 0 unspecified atom stereocenters. The second kappa shape index (κ2) is 9.34. The minimum Gasteiger partial charge on any atom is -0.490 e. The van der Waals surface area contributed by atoms with E-state index in [4.69, 9.17) is 9.73 Å². The summed E-state index contributed by atoms with van der Waals surface area (Å²) >= 11 is 1.32. The molecule has 0 bridgehead atoms. The molecule has 0 radical (unpaired) electrons. The summed E-state index contributed by atoms with van der Waals surface area (Å²) in [5.74, 6) is 0.0952. The van der Waals surface area contributed by atoms with Crippen LogP contribution in [0.15, 0.2) is 58.4 Å². The zero-order valence-corrected chi connectivity index (χ0v) is 18.0. The van der Waals surface area contributed by atoms with Gasteiger partial charge in [-0.25, -0.2) is 4.99 Å². The lowest BCUT2D eigenvalue weighted by Gasteiger charge is -2.30. The van der Waals surface area contributed by atoms with Crippen molar-refractivity contribution < 1.29 is 14.5 Å². The molecule has 1 aliphatic carbocycles. The van der Waals surface area contributed by atoms with Gasteiger partial charge in [0.05, 0.1) is 22.6 Å². The van der Waals surface area contributed by atoms with Gasteiger partial charge in [0.2, 0.25) is 0 Å². The van der Waals surface area contributed by atoms with Crippen molar-refractivity contribution in [2.24, 2.45) is 4.99 Å². The van der Waals surface area contributed by atoms with E-state index in [0.717, 1.165) is 31.4 Å². The molecule has 1 saturated carbocycles. The maximum absolute atomic E-state index is 13.3. The molecule has 8 heteroatoms. The van der Waals surface area contributed by atoms with Gasteiger partial charge in [0.25, 0.3) is 5.91 Å². The predicted molar refractivity (Wildman–Crippen MR) is 122 cm³/mol. The van der Waals surface area contributed by atoms with Gasteiger partial charge in [-0.1, -0.05) is 43.5 Å². The maximum Gasteiger partial charge on any atom is 0.311 e. The number of benzene rings is 2. The molecule has 1 amide bonds. The van der Waals surface area contributed by atoms with Crippen LogP contribution in [-0.4, -0.2) is 34.0 Å². The SMILES string of the molecule is COc1ccc(/C=C2\SC(=Nc3ccccc3)N(C3CCCCC3)C2=O)cc1[N+](=O)[O-]. The number of aliphatic imine (C=N–C) groups is 1. The van der Waals surface area contributed by atoms with Crippen molar-refractivity contribution in [1.82, 2.24) is 4.90 Å². The Hall–Kier alpha value is -3.13.